The van der Waals surface area contributed by atoms with E-state index < -0.39 is 23.8 Å². The first-order valence-electron chi connectivity index (χ1n) is 10.8. The number of piperidine rings is 1. The van der Waals surface area contributed by atoms with E-state index >= 15 is 0 Å². The second kappa shape index (κ2) is 12.8. The number of halogens is 4. The van der Waals surface area contributed by atoms with E-state index in [-0.39, 0.29) is 29.3 Å². The highest BCUT2D eigenvalue weighted by Gasteiger charge is 2.25. The number of nitrogens with two attached hydrogens (primary N) is 1. The molecular formula is C23H28Cl2F2N4O4. The van der Waals surface area contributed by atoms with Crippen LogP contribution in [0.4, 0.5) is 19.3 Å². The smallest absolute Gasteiger partial charge is 0.405 e. The summed E-state index contributed by atoms with van der Waals surface area (Å²) >= 11 is 6.04. The highest BCUT2D eigenvalue weighted by Crippen LogP contribution is 2.29. The van der Waals surface area contributed by atoms with Crippen LogP contribution < -0.4 is 21.1 Å². The van der Waals surface area contributed by atoms with Crippen LogP contribution in [0.15, 0.2) is 30.3 Å². The number of ether oxygens (including phenoxy) is 1. The Labute approximate surface area is 213 Å². The lowest BCUT2D eigenvalue weighted by molar-refractivity contribution is 0.0932. The normalized spacial score (nSPS) is 15.1. The summed E-state index contributed by atoms with van der Waals surface area (Å²) in [5.41, 5.74) is 6.73. The number of nitrogens with zero attached hydrogens (tertiary/aromatic N) is 1. The Balaban J connectivity index is 0.00000432. The summed E-state index contributed by atoms with van der Waals surface area (Å²) in [5, 5.41) is 14.7. The average molecular weight is 533 g/mol. The number of anilines is 1. The number of carboxylic acid groups (broad SMARTS) is 1. The van der Waals surface area contributed by atoms with Gasteiger partial charge >= 0.3 is 6.09 Å². The van der Waals surface area contributed by atoms with Gasteiger partial charge in [-0.05, 0) is 55.6 Å². The summed E-state index contributed by atoms with van der Waals surface area (Å²) in [6.45, 7) is 2.10. The fraction of sp³-hybridized carbons (Fsp3) is 0.391. The van der Waals surface area contributed by atoms with Crippen molar-refractivity contribution in [3.63, 3.8) is 0 Å². The van der Waals surface area contributed by atoms with Gasteiger partial charge < -0.3 is 31.1 Å². The van der Waals surface area contributed by atoms with E-state index in [1.54, 1.807) is 0 Å². The lowest BCUT2D eigenvalue weighted by atomic mass is 9.95. The molecule has 0 radical (unpaired) electrons. The highest BCUT2D eigenvalue weighted by molar-refractivity contribution is 6.33. The molecule has 1 saturated heterocycles. The maximum atomic E-state index is 13.6. The molecule has 1 atom stereocenters. The fourth-order valence-electron chi connectivity index (χ4n) is 3.99. The number of hydrogen-bond acceptors (Lipinski definition) is 5. The van der Waals surface area contributed by atoms with Crippen molar-refractivity contribution in [1.29, 1.82) is 0 Å². The van der Waals surface area contributed by atoms with E-state index in [9.17, 15) is 18.4 Å². The van der Waals surface area contributed by atoms with Gasteiger partial charge in [0.25, 0.3) is 5.91 Å². The molecule has 5 N–H and O–H groups in total. The van der Waals surface area contributed by atoms with Gasteiger partial charge in [-0.25, -0.2) is 13.6 Å². The maximum absolute atomic E-state index is 13.6. The molecule has 3 rings (SSSR count). The topological polar surface area (TPSA) is 117 Å². The Morgan fingerprint density at radius 3 is 2.51 bits per heavy atom. The minimum absolute atomic E-state index is 0. The molecule has 2 aromatic rings. The number of amides is 2. The molecule has 1 aliphatic heterocycles. The molecule has 192 valence electrons. The highest BCUT2D eigenvalue weighted by atomic mass is 35.5. The van der Waals surface area contributed by atoms with Gasteiger partial charge in [-0.15, -0.1) is 12.4 Å². The summed E-state index contributed by atoms with van der Waals surface area (Å²) in [6.07, 6.45) is 0.306. The number of nitrogen functional groups attached to an aromatic ring is 1. The quantitative estimate of drug-likeness (QED) is 0.380. The van der Waals surface area contributed by atoms with Crippen molar-refractivity contribution in [3.05, 3.63) is 58.1 Å². The number of benzene rings is 2. The molecule has 0 spiro atoms. The van der Waals surface area contributed by atoms with Crippen LogP contribution >= 0.6 is 24.0 Å². The number of rotatable bonds is 8. The first kappa shape index (κ1) is 28.4. The Morgan fingerprint density at radius 2 is 1.91 bits per heavy atom. The minimum Gasteiger partial charge on any atom is -0.496 e. The molecule has 0 saturated carbocycles. The molecule has 0 bridgehead atoms. The molecule has 1 fully saturated rings. The number of carbonyl (C=O) groups is 2. The molecule has 1 aliphatic rings. The van der Waals surface area contributed by atoms with Crippen LogP contribution in [0.1, 0.15) is 34.8 Å². The zero-order valence-corrected chi connectivity index (χ0v) is 20.6. The van der Waals surface area contributed by atoms with Crippen molar-refractivity contribution in [2.75, 3.05) is 39.0 Å². The van der Waals surface area contributed by atoms with Crippen molar-refractivity contribution in [2.45, 2.75) is 18.9 Å². The monoisotopic (exact) mass is 532 g/mol. The molecule has 0 aromatic heterocycles. The van der Waals surface area contributed by atoms with E-state index in [2.05, 4.69) is 15.5 Å². The maximum Gasteiger partial charge on any atom is 0.405 e. The molecule has 8 nitrogen and oxygen atoms in total. The Kier molecular flexibility index (Phi) is 10.4. The molecule has 0 aliphatic carbocycles. The summed E-state index contributed by atoms with van der Waals surface area (Å²) in [5.74, 6) is -1.76. The molecule has 1 unspecified atom stereocenters. The van der Waals surface area contributed by atoms with Gasteiger partial charge in [0.1, 0.15) is 5.75 Å². The van der Waals surface area contributed by atoms with Crippen LogP contribution in [0.2, 0.25) is 5.02 Å². The molecular weight excluding hydrogens is 505 g/mol. The van der Waals surface area contributed by atoms with Gasteiger partial charge in [0.2, 0.25) is 0 Å². The van der Waals surface area contributed by atoms with Crippen LogP contribution in [-0.2, 0) is 0 Å². The van der Waals surface area contributed by atoms with Crippen molar-refractivity contribution in [1.82, 2.24) is 15.5 Å². The summed E-state index contributed by atoms with van der Waals surface area (Å²) in [4.78, 5) is 25.9. The SMILES string of the molecule is COc1cc(N)c(Cl)cc1C(=O)NCC1CCN(CC(NC(=O)O)c2ccc(F)c(F)c2)CC1.Cl. The molecule has 12 heteroatoms. The summed E-state index contributed by atoms with van der Waals surface area (Å²) in [6, 6.07) is 5.65. The largest absolute Gasteiger partial charge is 0.496 e. The van der Waals surface area contributed by atoms with Crippen LogP contribution in [0.25, 0.3) is 0 Å². The van der Waals surface area contributed by atoms with Crippen molar-refractivity contribution in [2.24, 2.45) is 5.92 Å². The first-order valence-corrected chi connectivity index (χ1v) is 11.1. The van der Waals surface area contributed by atoms with Crippen LogP contribution in [0.3, 0.4) is 0 Å². The molecule has 35 heavy (non-hydrogen) atoms. The van der Waals surface area contributed by atoms with E-state index in [0.29, 0.717) is 48.7 Å². The van der Waals surface area contributed by atoms with Gasteiger partial charge in [0, 0.05) is 19.2 Å². The second-order valence-electron chi connectivity index (χ2n) is 8.20. The van der Waals surface area contributed by atoms with Crippen LogP contribution in [-0.4, -0.2) is 55.3 Å². The zero-order valence-electron chi connectivity index (χ0n) is 19.0. The molecule has 2 aromatic carbocycles. The Hall–Kier alpha value is -2.82. The Morgan fingerprint density at radius 1 is 1.23 bits per heavy atom. The van der Waals surface area contributed by atoms with E-state index in [0.717, 1.165) is 25.0 Å². The minimum atomic E-state index is -1.24. The van der Waals surface area contributed by atoms with Gasteiger partial charge in [-0.2, -0.15) is 0 Å². The van der Waals surface area contributed by atoms with Crippen LogP contribution in [0, 0.1) is 17.6 Å². The number of likely N-dealkylation sites (tertiary alicyclic amines) is 1. The third-order valence-electron chi connectivity index (χ3n) is 5.91. The lowest BCUT2D eigenvalue weighted by Crippen LogP contribution is -2.43. The Bertz CT molecular complexity index is 1050. The standard InChI is InChI=1S/C23H27ClF2N4O4.ClH/c1-34-21-10-19(27)16(24)9-15(21)22(31)28-11-13-4-6-30(7-5-13)12-20(29-23(32)33)14-2-3-17(25)18(26)8-14;/h2-3,8-10,13,20,29H,4-7,11-12,27H2,1H3,(H,28,31)(H,32,33);1H. The van der Waals surface area contributed by atoms with Crippen molar-refractivity contribution < 1.29 is 28.2 Å². The van der Waals surface area contributed by atoms with Crippen LogP contribution in [0.5, 0.6) is 5.75 Å². The van der Waals surface area contributed by atoms with Crippen molar-refractivity contribution in [3.8, 4) is 5.75 Å². The first-order chi connectivity index (χ1) is 16.2. The van der Waals surface area contributed by atoms with E-state index in [1.165, 1.54) is 25.3 Å². The number of hydrogen-bond donors (Lipinski definition) is 4. The van der Waals surface area contributed by atoms with Crippen molar-refractivity contribution >= 4 is 41.7 Å². The third kappa shape index (κ3) is 7.58. The third-order valence-corrected chi connectivity index (χ3v) is 6.23. The number of carbonyl (C=O) groups excluding carboxylic acids is 1. The van der Waals surface area contributed by atoms with E-state index in [1.807, 2.05) is 0 Å². The lowest BCUT2D eigenvalue weighted by Gasteiger charge is -2.34. The van der Waals surface area contributed by atoms with E-state index in [4.69, 9.17) is 27.2 Å². The van der Waals surface area contributed by atoms with Gasteiger partial charge in [-0.3, -0.25) is 4.79 Å². The number of methoxy groups -OCH3 is 1. The van der Waals surface area contributed by atoms with Gasteiger partial charge in [0.05, 0.1) is 29.4 Å². The summed E-state index contributed by atoms with van der Waals surface area (Å²) in [7, 11) is 1.45. The predicted octanol–water partition coefficient (Wildman–Crippen LogP) is 4.08. The van der Waals surface area contributed by atoms with Gasteiger partial charge in [0.15, 0.2) is 11.6 Å². The summed E-state index contributed by atoms with van der Waals surface area (Å²) < 4.78 is 32.1. The zero-order chi connectivity index (χ0) is 24.8. The fourth-order valence-corrected chi connectivity index (χ4v) is 4.16. The second-order valence-corrected chi connectivity index (χ2v) is 8.61. The molecule has 1 heterocycles. The number of nitrogens with one attached hydrogen (secondary N) is 2. The molecule has 2 amide bonds. The predicted molar refractivity (Wildman–Crippen MR) is 131 cm³/mol. The van der Waals surface area contributed by atoms with Gasteiger partial charge in [-0.1, -0.05) is 17.7 Å². The average Bonchev–Trinajstić information content (AvgIpc) is 2.81.